The van der Waals surface area contributed by atoms with E-state index in [4.69, 9.17) is 0 Å². The number of hydrogen-bond donors (Lipinski definition) is 0. The first-order valence-corrected chi connectivity index (χ1v) is 9.07. The minimum atomic E-state index is -0.250. The number of allylic oxidation sites excluding steroid dienone is 1. The Hall–Kier alpha value is -2.85. The van der Waals surface area contributed by atoms with Crippen LogP contribution in [0.15, 0.2) is 72.9 Å². The second-order valence-corrected chi connectivity index (χ2v) is 6.97. The molecule has 2 aromatic carbocycles. The summed E-state index contributed by atoms with van der Waals surface area (Å²) in [4.78, 5) is 6.48. The number of benzene rings is 2. The first-order valence-electron chi connectivity index (χ1n) is 8.25. The van der Waals surface area contributed by atoms with Crippen molar-refractivity contribution in [3.05, 3.63) is 95.0 Å². The van der Waals surface area contributed by atoms with Crippen molar-refractivity contribution in [2.75, 3.05) is 0 Å². The van der Waals surface area contributed by atoms with E-state index in [2.05, 4.69) is 17.1 Å². The van der Waals surface area contributed by atoms with E-state index in [9.17, 15) is 8.78 Å². The van der Waals surface area contributed by atoms with Gasteiger partial charge in [-0.25, -0.2) is 13.8 Å². The fraction of sp³-hybridized carbons (Fsp3) is 0.0455. The monoisotopic (exact) mass is 363 g/mol. The van der Waals surface area contributed by atoms with E-state index < -0.39 is 0 Å². The molecule has 128 valence electrons. The summed E-state index contributed by atoms with van der Waals surface area (Å²) in [6.07, 6.45) is 6.61. The number of nitrogens with zero attached hydrogens (tertiary/aromatic N) is 1. The maximum Gasteiger partial charge on any atom is 0.124 e. The van der Waals surface area contributed by atoms with Crippen molar-refractivity contribution in [2.45, 2.75) is 6.42 Å². The lowest BCUT2D eigenvalue weighted by Gasteiger charge is -2.02. The van der Waals surface area contributed by atoms with Crippen molar-refractivity contribution in [3.8, 4) is 11.1 Å². The average molecular weight is 363 g/mol. The van der Waals surface area contributed by atoms with Crippen LogP contribution in [0.1, 0.15) is 10.4 Å². The number of halogens is 2. The second kappa shape index (κ2) is 7.18. The van der Waals surface area contributed by atoms with E-state index >= 15 is 0 Å². The molecule has 2 heterocycles. The van der Waals surface area contributed by atoms with Gasteiger partial charge in [0.05, 0.1) is 0 Å². The molecule has 2 aromatic heterocycles. The van der Waals surface area contributed by atoms with Crippen LogP contribution in [0, 0.1) is 11.6 Å². The quantitative estimate of drug-likeness (QED) is 0.403. The summed E-state index contributed by atoms with van der Waals surface area (Å²) < 4.78 is 26.3. The smallest absolute Gasteiger partial charge is 0.124 e. The Morgan fingerprint density at radius 1 is 0.885 bits per heavy atom. The first-order chi connectivity index (χ1) is 12.7. The normalized spacial score (nSPS) is 11.5. The van der Waals surface area contributed by atoms with Crippen molar-refractivity contribution < 1.29 is 8.78 Å². The lowest BCUT2D eigenvalue weighted by atomic mass is 10.0. The predicted octanol–water partition coefficient (Wildman–Crippen LogP) is 6.50. The Morgan fingerprint density at radius 2 is 1.58 bits per heavy atom. The van der Waals surface area contributed by atoms with Crippen LogP contribution in [-0.4, -0.2) is 4.98 Å². The fourth-order valence-corrected chi connectivity index (χ4v) is 4.00. The molecule has 0 saturated heterocycles. The predicted molar refractivity (Wildman–Crippen MR) is 104 cm³/mol. The summed E-state index contributed by atoms with van der Waals surface area (Å²) in [7, 11) is 0. The van der Waals surface area contributed by atoms with Gasteiger partial charge in [-0.15, -0.1) is 11.3 Å². The molecule has 0 saturated carbocycles. The zero-order valence-corrected chi connectivity index (χ0v) is 14.6. The Labute approximate surface area is 154 Å². The van der Waals surface area contributed by atoms with Gasteiger partial charge in [-0.3, -0.25) is 0 Å². The fourth-order valence-electron chi connectivity index (χ4n) is 2.90. The summed E-state index contributed by atoms with van der Waals surface area (Å²) in [6, 6.07) is 17.0. The number of aromatic nitrogens is 1. The number of pyridine rings is 1. The van der Waals surface area contributed by atoms with E-state index in [-0.39, 0.29) is 11.6 Å². The van der Waals surface area contributed by atoms with Crippen LogP contribution in [0.25, 0.3) is 27.4 Å². The second-order valence-electron chi connectivity index (χ2n) is 5.94. The van der Waals surface area contributed by atoms with Crippen molar-refractivity contribution in [2.24, 2.45) is 0 Å². The Morgan fingerprint density at radius 3 is 2.31 bits per heavy atom. The molecule has 0 N–H and O–H groups in total. The van der Waals surface area contributed by atoms with Crippen LogP contribution in [0.2, 0.25) is 0 Å². The Bertz CT molecular complexity index is 1060. The highest BCUT2D eigenvalue weighted by Crippen LogP contribution is 2.38. The third-order valence-corrected chi connectivity index (χ3v) is 5.24. The van der Waals surface area contributed by atoms with Gasteiger partial charge < -0.3 is 0 Å². The van der Waals surface area contributed by atoms with Gasteiger partial charge in [-0.2, -0.15) is 0 Å². The van der Waals surface area contributed by atoms with Crippen molar-refractivity contribution in [1.29, 1.82) is 0 Å². The molecule has 0 aliphatic carbocycles. The van der Waals surface area contributed by atoms with Crippen molar-refractivity contribution in [3.63, 3.8) is 0 Å². The third kappa shape index (κ3) is 3.41. The highest BCUT2D eigenvalue weighted by Gasteiger charge is 2.13. The summed E-state index contributed by atoms with van der Waals surface area (Å²) in [6.45, 7) is 0. The average Bonchev–Trinajstić information content (AvgIpc) is 3.02. The number of fused-ring (bicyclic) bond motifs is 1. The topological polar surface area (TPSA) is 12.9 Å². The molecule has 4 rings (SSSR count). The van der Waals surface area contributed by atoms with Crippen LogP contribution in [-0.2, 0) is 6.42 Å². The molecule has 0 unspecified atom stereocenters. The molecule has 4 heteroatoms. The SMILES string of the molecule is Fc1ccc(CC=Cc2sc3ncccc3c2-c2ccc(F)cc2)cc1. The highest BCUT2D eigenvalue weighted by atomic mass is 32.1. The first kappa shape index (κ1) is 16.6. The van der Waals surface area contributed by atoms with Crippen molar-refractivity contribution >= 4 is 27.6 Å². The number of rotatable bonds is 4. The van der Waals surface area contributed by atoms with Crippen molar-refractivity contribution in [1.82, 2.24) is 4.98 Å². The van der Waals surface area contributed by atoms with Gasteiger partial charge in [0.2, 0.25) is 0 Å². The molecule has 0 aliphatic heterocycles. The molecule has 1 nitrogen and oxygen atoms in total. The molecule has 0 amide bonds. The van der Waals surface area contributed by atoms with Gasteiger partial charge in [-0.05, 0) is 60.0 Å². The molecule has 0 aliphatic rings. The van der Waals surface area contributed by atoms with Crippen LogP contribution in [0.4, 0.5) is 8.78 Å². The third-order valence-electron chi connectivity index (χ3n) is 4.16. The van der Waals surface area contributed by atoms with Crippen LogP contribution >= 0.6 is 11.3 Å². The van der Waals surface area contributed by atoms with Gasteiger partial charge in [0, 0.05) is 22.0 Å². The molecule has 0 atom stereocenters. The molecular formula is C22H15F2NS. The van der Waals surface area contributed by atoms with Gasteiger partial charge in [0.25, 0.3) is 0 Å². The van der Waals surface area contributed by atoms with E-state index in [1.165, 1.54) is 24.3 Å². The maximum atomic E-state index is 13.3. The van der Waals surface area contributed by atoms with E-state index in [0.29, 0.717) is 6.42 Å². The van der Waals surface area contributed by atoms with E-state index in [1.807, 2.05) is 12.1 Å². The Balaban J connectivity index is 1.72. The molecule has 26 heavy (non-hydrogen) atoms. The van der Waals surface area contributed by atoms with Crippen LogP contribution in [0.5, 0.6) is 0 Å². The minimum Gasteiger partial charge on any atom is -0.245 e. The largest absolute Gasteiger partial charge is 0.245 e. The summed E-state index contributed by atoms with van der Waals surface area (Å²) in [5, 5.41) is 1.06. The summed E-state index contributed by atoms with van der Waals surface area (Å²) in [5.41, 5.74) is 3.07. The van der Waals surface area contributed by atoms with Gasteiger partial charge in [-0.1, -0.05) is 30.3 Å². The lowest BCUT2D eigenvalue weighted by Crippen LogP contribution is -1.82. The van der Waals surface area contributed by atoms with E-state index in [1.54, 1.807) is 41.8 Å². The van der Waals surface area contributed by atoms with E-state index in [0.717, 1.165) is 31.8 Å². The number of hydrogen-bond acceptors (Lipinski definition) is 2. The highest BCUT2D eigenvalue weighted by molar-refractivity contribution is 7.20. The van der Waals surface area contributed by atoms with Crippen LogP contribution < -0.4 is 0 Å². The molecule has 0 bridgehead atoms. The molecule has 0 spiro atoms. The number of thiophene rings is 1. The summed E-state index contributed by atoms with van der Waals surface area (Å²) >= 11 is 1.61. The van der Waals surface area contributed by atoms with Gasteiger partial charge in [0.15, 0.2) is 0 Å². The molecule has 4 aromatic rings. The Kier molecular flexibility index (Phi) is 4.59. The zero-order valence-electron chi connectivity index (χ0n) is 13.8. The molecule has 0 radical (unpaired) electrons. The standard InChI is InChI=1S/C22H15F2NS/c23-17-10-6-15(7-11-17)3-1-5-20-21(16-8-12-18(24)13-9-16)19-4-2-14-25-22(19)26-20/h1-2,4-14H,3H2. The summed E-state index contributed by atoms with van der Waals surface area (Å²) in [5.74, 6) is -0.480. The van der Waals surface area contributed by atoms with Gasteiger partial charge >= 0.3 is 0 Å². The zero-order chi connectivity index (χ0) is 17.9. The molecular weight excluding hydrogens is 348 g/mol. The van der Waals surface area contributed by atoms with Crippen LogP contribution in [0.3, 0.4) is 0 Å². The molecule has 0 fully saturated rings. The maximum absolute atomic E-state index is 13.3. The lowest BCUT2D eigenvalue weighted by molar-refractivity contribution is 0.627. The minimum absolute atomic E-state index is 0.230. The van der Waals surface area contributed by atoms with Gasteiger partial charge in [0.1, 0.15) is 16.5 Å².